The van der Waals surface area contributed by atoms with Crippen LogP contribution in [0.1, 0.15) is 23.4 Å². The fourth-order valence-corrected chi connectivity index (χ4v) is 3.35. The van der Waals surface area contributed by atoms with E-state index in [2.05, 4.69) is 38.9 Å². The Balaban J connectivity index is 1.44. The van der Waals surface area contributed by atoms with Crippen molar-refractivity contribution in [2.75, 3.05) is 19.0 Å². The molecule has 1 aromatic carbocycles. The van der Waals surface area contributed by atoms with Crippen molar-refractivity contribution in [1.29, 1.82) is 0 Å². The minimum absolute atomic E-state index is 0.482. The molecule has 1 heterocycles. The second-order valence-electron chi connectivity index (χ2n) is 5.21. The predicted molar refractivity (Wildman–Crippen MR) is 81.1 cm³/mol. The Morgan fingerprint density at radius 1 is 1.30 bits per heavy atom. The second kappa shape index (κ2) is 6.33. The molecule has 5 heteroatoms. The zero-order chi connectivity index (χ0) is 13.8. The van der Waals surface area contributed by atoms with Gasteiger partial charge in [0.15, 0.2) is 5.82 Å². The highest BCUT2D eigenvalue weighted by atomic mass is 32.1. The van der Waals surface area contributed by atoms with E-state index in [1.165, 1.54) is 41.9 Å². The van der Waals surface area contributed by atoms with Crippen LogP contribution in [0.15, 0.2) is 24.3 Å². The molecule has 1 aliphatic carbocycles. The van der Waals surface area contributed by atoms with Gasteiger partial charge in [0.05, 0.1) is 0 Å². The minimum Gasteiger partial charge on any atom is -0.377 e. The monoisotopic (exact) mass is 289 g/mol. The summed E-state index contributed by atoms with van der Waals surface area (Å²) in [5, 5.41) is 4.26. The molecule has 1 aliphatic rings. The van der Waals surface area contributed by atoms with Gasteiger partial charge in [-0.2, -0.15) is 4.37 Å². The number of nitrogens with zero attached hydrogens (tertiary/aromatic N) is 2. The number of benzene rings is 1. The van der Waals surface area contributed by atoms with E-state index in [1.54, 1.807) is 7.11 Å². The van der Waals surface area contributed by atoms with E-state index >= 15 is 0 Å². The zero-order valence-electron chi connectivity index (χ0n) is 11.6. The molecule has 0 saturated heterocycles. The van der Waals surface area contributed by atoms with E-state index < -0.39 is 0 Å². The Labute approximate surface area is 123 Å². The van der Waals surface area contributed by atoms with Crippen LogP contribution in [0, 0.1) is 5.92 Å². The van der Waals surface area contributed by atoms with Gasteiger partial charge in [0, 0.05) is 25.2 Å². The maximum Gasteiger partial charge on any atom is 0.202 e. The number of anilines is 1. The molecule has 0 fully saturated rings. The lowest BCUT2D eigenvalue weighted by molar-refractivity contribution is 0.179. The van der Waals surface area contributed by atoms with Crippen LogP contribution >= 0.6 is 11.5 Å². The number of rotatable bonds is 6. The van der Waals surface area contributed by atoms with Crippen molar-refractivity contribution in [3.05, 3.63) is 41.2 Å². The molecule has 3 rings (SSSR count). The SMILES string of the molecule is COCc1nsc(NCCC2Cc3ccccc3C2)n1. The largest absolute Gasteiger partial charge is 0.377 e. The van der Waals surface area contributed by atoms with Crippen molar-refractivity contribution in [2.45, 2.75) is 25.9 Å². The van der Waals surface area contributed by atoms with Crippen molar-refractivity contribution in [1.82, 2.24) is 9.36 Å². The quantitative estimate of drug-likeness (QED) is 0.888. The van der Waals surface area contributed by atoms with Gasteiger partial charge in [-0.3, -0.25) is 0 Å². The van der Waals surface area contributed by atoms with Crippen LogP contribution in [0.25, 0.3) is 0 Å². The lowest BCUT2D eigenvalue weighted by Gasteiger charge is -2.08. The van der Waals surface area contributed by atoms with Crippen molar-refractivity contribution >= 4 is 16.7 Å². The molecule has 106 valence electrons. The smallest absolute Gasteiger partial charge is 0.202 e. The Hall–Kier alpha value is -1.46. The summed E-state index contributed by atoms with van der Waals surface area (Å²) in [6, 6.07) is 8.78. The van der Waals surface area contributed by atoms with Gasteiger partial charge in [-0.25, -0.2) is 4.98 Å². The first-order valence-corrected chi connectivity index (χ1v) is 7.74. The topological polar surface area (TPSA) is 47.0 Å². The Morgan fingerprint density at radius 3 is 2.75 bits per heavy atom. The third kappa shape index (κ3) is 3.16. The molecule has 0 unspecified atom stereocenters. The second-order valence-corrected chi connectivity index (χ2v) is 5.96. The van der Waals surface area contributed by atoms with Gasteiger partial charge in [-0.1, -0.05) is 24.3 Å². The Morgan fingerprint density at radius 2 is 2.05 bits per heavy atom. The van der Waals surface area contributed by atoms with Gasteiger partial charge in [0.25, 0.3) is 0 Å². The summed E-state index contributed by atoms with van der Waals surface area (Å²) in [5.41, 5.74) is 3.05. The molecule has 0 aliphatic heterocycles. The van der Waals surface area contributed by atoms with Crippen LogP contribution in [0.5, 0.6) is 0 Å². The number of ether oxygens (including phenoxy) is 1. The number of hydrogen-bond donors (Lipinski definition) is 1. The average molecular weight is 289 g/mol. The van der Waals surface area contributed by atoms with E-state index in [0.717, 1.165) is 23.4 Å². The fourth-order valence-electron chi connectivity index (χ4n) is 2.75. The van der Waals surface area contributed by atoms with Gasteiger partial charge >= 0.3 is 0 Å². The highest BCUT2D eigenvalue weighted by molar-refractivity contribution is 7.09. The van der Waals surface area contributed by atoms with E-state index in [1.807, 2.05) is 0 Å². The molecule has 4 nitrogen and oxygen atoms in total. The molecule has 0 saturated carbocycles. The lowest BCUT2D eigenvalue weighted by atomic mass is 10.0. The van der Waals surface area contributed by atoms with Gasteiger partial charge in [0.2, 0.25) is 5.13 Å². The number of fused-ring (bicyclic) bond motifs is 1. The normalized spacial score (nSPS) is 14.4. The summed E-state index contributed by atoms with van der Waals surface area (Å²) in [5.74, 6) is 1.51. The summed E-state index contributed by atoms with van der Waals surface area (Å²) in [4.78, 5) is 4.37. The highest BCUT2D eigenvalue weighted by Crippen LogP contribution is 2.28. The van der Waals surface area contributed by atoms with Crippen LogP contribution < -0.4 is 5.32 Å². The van der Waals surface area contributed by atoms with Gasteiger partial charge in [-0.05, 0) is 36.3 Å². The van der Waals surface area contributed by atoms with Gasteiger partial charge in [-0.15, -0.1) is 0 Å². The summed E-state index contributed by atoms with van der Waals surface area (Å²) < 4.78 is 9.25. The first kappa shape index (κ1) is 13.5. The number of aromatic nitrogens is 2. The molecule has 0 amide bonds. The molecule has 0 spiro atoms. The molecule has 20 heavy (non-hydrogen) atoms. The molecular formula is C15H19N3OS. The number of hydrogen-bond acceptors (Lipinski definition) is 5. The summed E-state index contributed by atoms with van der Waals surface area (Å²) in [6.45, 7) is 1.44. The third-order valence-corrected chi connectivity index (χ3v) is 4.42. The average Bonchev–Trinajstić information content (AvgIpc) is 3.05. The molecule has 0 bridgehead atoms. The minimum atomic E-state index is 0.482. The van der Waals surface area contributed by atoms with Gasteiger partial charge < -0.3 is 10.1 Å². The molecule has 1 N–H and O–H groups in total. The van der Waals surface area contributed by atoms with Gasteiger partial charge in [0.1, 0.15) is 6.61 Å². The standard InChI is InChI=1S/C15H19N3OS/c1-19-10-14-17-15(20-18-14)16-7-6-11-8-12-4-2-3-5-13(12)9-11/h2-5,11H,6-10H2,1H3,(H,16,17,18). The van der Waals surface area contributed by atoms with Crippen molar-refractivity contribution in [2.24, 2.45) is 5.92 Å². The fraction of sp³-hybridized carbons (Fsp3) is 0.467. The number of nitrogens with one attached hydrogen (secondary N) is 1. The van der Waals surface area contributed by atoms with Crippen LogP contribution in [-0.2, 0) is 24.2 Å². The zero-order valence-corrected chi connectivity index (χ0v) is 12.4. The van der Waals surface area contributed by atoms with Crippen LogP contribution in [0.4, 0.5) is 5.13 Å². The Bertz CT molecular complexity index is 545. The third-order valence-electron chi connectivity index (χ3n) is 3.71. The Kier molecular flexibility index (Phi) is 4.28. The molecule has 1 aromatic heterocycles. The van der Waals surface area contributed by atoms with E-state index in [9.17, 15) is 0 Å². The molecule has 0 radical (unpaired) electrons. The molecule has 2 aromatic rings. The molecule has 0 atom stereocenters. The van der Waals surface area contributed by atoms with E-state index in [4.69, 9.17) is 4.74 Å². The summed E-state index contributed by atoms with van der Waals surface area (Å²) in [6.07, 6.45) is 3.60. The van der Waals surface area contributed by atoms with Crippen LogP contribution in [0.2, 0.25) is 0 Å². The van der Waals surface area contributed by atoms with Crippen LogP contribution in [-0.4, -0.2) is 23.0 Å². The van der Waals surface area contributed by atoms with Crippen LogP contribution in [0.3, 0.4) is 0 Å². The van der Waals surface area contributed by atoms with Crippen molar-refractivity contribution in [3.8, 4) is 0 Å². The lowest BCUT2D eigenvalue weighted by Crippen LogP contribution is -2.09. The number of methoxy groups -OCH3 is 1. The van der Waals surface area contributed by atoms with E-state index in [0.29, 0.717) is 6.61 Å². The van der Waals surface area contributed by atoms with Crippen molar-refractivity contribution in [3.63, 3.8) is 0 Å². The van der Waals surface area contributed by atoms with Crippen molar-refractivity contribution < 1.29 is 4.74 Å². The highest BCUT2D eigenvalue weighted by Gasteiger charge is 2.20. The summed E-state index contributed by atoms with van der Waals surface area (Å²) >= 11 is 1.41. The summed E-state index contributed by atoms with van der Waals surface area (Å²) in [7, 11) is 1.66. The molecular weight excluding hydrogens is 270 g/mol. The maximum atomic E-state index is 5.02. The predicted octanol–water partition coefficient (Wildman–Crippen LogP) is 2.90. The first-order valence-electron chi connectivity index (χ1n) is 6.97. The van der Waals surface area contributed by atoms with E-state index in [-0.39, 0.29) is 0 Å². The first-order chi connectivity index (χ1) is 9.85. The maximum absolute atomic E-state index is 5.02.